The number of benzene rings is 1. The second-order valence-electron chi connectivity index (χ2n) is 6.49. The molecule has 0 radical (unpaired) electrons. The lowest BCUT2D eigenvalue weighted by Gasteiger charge is -2.12. The van der Waals surface area contributed by atoms with Crippen LogP contribution in [0.25, 0.3) is 0 Å². The molecule has 0 spiro atoms. The second kappa shape index (κ2) is 10.5. The molecule has 1 heterocycles. The third kappa shape index (κ3) is 7.22. The normalized spacial score (nSPS) is 10.5. The summed E-state index contributed by atoms with van der Waals surface area (Å²) in [6.45, 7) is 4.16. The van der Waals surface area contributed by atoms with Crippen molar-refractivity contribution in [1.29, 1.82) is 0 Å². The van der Waals surface area contributed by atoms with Crippen LogP contribution in [0.3, 0.4) is 0 Å². The van der Waals surface area contributed by atoms with Crippen molar-refractivity contribution < 1.29 is 19.1 Å². The summed E-state index contributed by atoms with van der Waals surface area (Å²) >= 11 is 1.57. The number of anilines is 1. The fourth-order valence-electron chi connectivity index (χ4n) is 2.27. The second-order valence-corrected chi connectivity index (χ2v) is 7.27. The van der Waals surface area contributed by atoms with Crippen molar-refractivity contribution in [2.45, 2.75) is 26.7 Å². The molecule has 0 saturated heterocycles. The minimum atomic E-state index is -0.483. The number of carbonyl (C=O) groups is 3. The minimum Gasteiger partial charge on any atom is -0.456 e. The summed E-state index contributed by atoms with van der Waals surface area (Å²) < 4.78 is 5.01. The maximum atomic E-state index is 12.3. The summed E-state index contributed by atoms with van der Waals surface area (Å²) in [5, 5.41) is 9.37. The van der Waals surface area contributed by atoms with E-state index in [4.69, 9.17) is 4.74 Å². The Morgan fingerprint density at radius 2 is 1.93 bits per heavy atom. The maximum Gasteiger partial charge on any atom is 0.306 e. The van der Waals surface area contributed by atoms with E-state index < -0.39 is 11.9 Å². The predicted molar refractivity (Wildman–Crippen MR) is 106 cm³/mol. The number of amides is 2. The Morgan fingerprint density at radius 1 is 1.15 bits per heavy atom. The number of nitrogens with one attached hydrogen (secondary N) is 2. The van der Waals surface area contributed by atoms with E-state index in [2.05, 4.69) is 10.6 Å². The molecule has 2 amide bonds. The number of hydrogen-bond acceptors (Lipinski definition) is 5. The quantitative estimate of drug-likeness (QED) is 0.646. The van der Waals surface area contributed by atoms with Gasteiger partial charge in [-0.2, -0.15) is 11.3 Å². The Morgan fingerprint density at radius 3 is 2.63 bits per heavy atom. The number of hydrogen-bond donors (Lipinski definition) is 2. The van der Waals surface area contributed by atoms with Crippen LogP contribution in [0.4, 0.5) is 5.69 Å². The molecule has 0 aliphatic rings. The van der Waals surface area contributed by atoms with Gasteiger partial charge in [0.05, 0.1) is 11.3 Å². The SMILES string of the molecule is CC(C)CNC(=O)c1ccccc1NC(=O)COC(=O)CCc1ccsc1. The average Bonchev–Trinajstić information content (AvgIpc) is 3.17. The summed E-state index contributed by atoms with van der Waals surface area (Å²) in [5.74, 6) is -0.848. The van der Waals surface area contributed by atoms with E-state index in [1.165, 1.54) is 0 Å². The molecule has 0 unspecified atom stereocenters. The van der Waals surface area contributed by atoms with E-state index >= 15 is 0 Å². The smallest absolute Gasteiger partial charge is 0.306 e. The van der Waals surface area contributed by atoms with Crippen molar-refractivity contribution in [3.05, 3.63) is 52.2 Å². The highest BCUT2D eigenvalue weighted by atomic mass is 32.1. The number of thiophene rings is 1. The van der Waals surface area contributed by atoms with E-state index in [0.29, 0.717) is 30.1 Å². The zero-order chi connectivity index (χ0) is 19.6. The molecule has 0 atom stereocenters. The Hall–Kier alpha value is -2.67. The van der Waals surface area contributed by atoms with Crippen molar-refractivity contribution in [2.24, 2.45) is 5.92 Å². The van der Waals surface area contributed by atoms with Crippen LogP contribution < -0.4 is 10.6 Å². The maximum absolute atomic E-state index is 12.3. The van der Waals surface area contributed by atoms with Crippen molar-refractivity contribution >= 4 is 34.8 Å². The van der Waals surface area contributed by atoms with Crippen LogP contribution in [0.15, 0.2) is 41.1 Å². The molecule has 0 bridgehead atoms. The van der Waals surface area contributed by atoms with E-state index in [9.17, 15) is 14.4 Å². The molecule has 0 aliphatic carbocycles. The molecule has 2 aromatic rings. The Kier molecular flexibility index (Phi) is 8.00. The van der Waals surface area contributed by atoms with E-state index in [1.54, 1.807) is 35.6 Å². The molecule has 7 heteroatoms. The summed E-state index contributed by atoms with van der Waals surface area (Å²) in [4.78, 5) is 36.1. The van der Waals surface area contributed by atoms with Gasteiger partial charge in [-0.3, -0.25) is 14.4 Å². The van der Waals surface area contributed by atoms with Crippen LogP contribution >= 0.6 is 11.3 Å². The van der Waals surface area contributed by atoms with Gasteiger partial charge in [0, 0.05) is 13.0 Å². The van der Waals surface area contributed by atoms with Crippen LogP contribution in [0, 0.1) is 5.92 Å². The predicted octanol–water partition coefficient (Wildman–Crippen LogP) is 3.25. The third-order valence-electron chi connectivity index (χ3n) is 3.68. The van der Waals surface area contributed by atoms with Gasteiger partial charge in [-0.05, 0) is 46.9 Å². The molecular weight excluding hydrogens is 364 g/mol. The molecule has 27 heavy (non-hydrogen) atoms. The van der Waals surface area contributed by atoms with E-state index in [1.807, 2.05) is 30.7 Å². The highest BCUT2D eigenvalue weighted by molar-refractivity contribution is 7.07. The monoisotopic (exact) mass is 388 g/mol. The molecular formula is C20H24N2O4S. The number of para-hydroxylation sites is 1. The Bertz CT molecular complexity index is 772. The Balaban J connectivity index is 1.82. The first kappa shape index (κ1) is 20.6. The molecule has 1 aromatic heterocycles. The number of ether oxygens (including phenoxy) is 1. The molecule has 0 saturated carbocycles. The van der Waals surface area contributed by atoms with Crippen LogP contribution in [0.2, 0.25) is 0 Å². The fourth-order valence-corrected chi connectivity index (χ4v) is 2.97. The van der Waals surface area contributed by atoms with Gasteiger partial charge in [-0.25, -0.2) is 0 Å². The molecule has 1 aromatic carbocycles. The first-order valence-electron chi connectivity index (χ1n) is 8.79. The minimum absolute atomic E-state index is 0.220. The number of aryl methyl sites for hydroxylation is 1. The highest BCUT2D eigenvalue weighted by Crippen LogP contribution is 2.15. The average molecular weight is 388 g/mol. The molecule has 144 valence electrons. The Labute approximate surface area is 162 Å². The molecule has 2 N–H and O–H groups in total. The zero-order valence-corrected chi connectivity index (χ0v) is 16.3. The van der Waals surface area contributed by atoms with E-state index in [0.717, 1.165) is 5.56 Å². The van der Waals surface area contributed by atoms with Gasteiger partial charge in [0.15, 0.2) is 6.61 Å². The van der Waals surface area contributed by atoms with Gasteiger partial charge in [-0.15, -0.1) is 0 Å². The summed E-state index contributed by atoms with van der Waals surface area (Å²) in [7, 11) is 0. The zero-order valence-electron chi connectivity index (χ0n) is 15.5. The lowest BCUT2D eigenvalue weighted by Crippen LogP contribution is -2.29. The lowest BCUT2D eigenvalue weighted by atomic mass is 10.1. The number of esters is 1. The first-order chi connectivity index (χ1) is 13.0. The third-order valence-corrected chi connectivity index (χ3v) is 4.41. The number of rotatable bonds is 9. The fraction of sp³-hybridized carbons (Fsp3) is 0.350. The first-order valence-corrected chi connectivity index (χ1v) is 9.73. The van der Waals surface area contributed by atoms with Crippen molar-refractivity contribution in [2.75, 3.05) is 18.5 Å². The van der Waals surface area contributed by atoms with Crippen molar-refractivity contribution in [3.63, 3.8) is 0 Å². The van der Waals surface area contributed by atoms with Crippen LogP contribution in [-0.2, 0) is 20.7 Å². The van der Waals surface area contributed by atoms with Crippen molar-refractivity contribution in [3.8, 4) is 0 Å². The van der Waals surface area contributed by atoms with Gasteiger partial charge < -0.3 is 15.4 Å². The molecule has 6 nitrogen and oxygen atoms in total. The molecule has 0 aliphatic heterocycles. The van der Waals surface area contributed by atoms with Crippen molar-refractivity contribution in [1.82, 2.24) is 5.32 Å². The standard InChI is InChI=1S/C20H24N2O4S/c1-14(2)11-21-20(25)16-5-3-4-6-17(16)22-18(23)12-26-19(24)8-7-15-9-10-27-13-15/h3-6,9-10,13-14H,7-8,11-12H2,1-2H3,(H,21,25)(H,22,23). The summed E-state index contributed by atoms with van der Waals surface area (Å²) in [6.07, 6.45) is 0.807. The topological polar surface area (TPSA) is 84.5 Å². The van der Waals surface area contributed by atoms with Gasteiger partial charge in [0.2, 0.25) is 0 Å². The van der Waals surface area contributed by atoms with Crippen LogP contribution in [-0.4, -0.2) is 30.9 Å². The summed E-state index contributed by atoms with van der Waals surface area (Å²) in [5.41, 5.74) is 1.83. The lowest BCUT2D eigenvalue weighted by molar-refractivity contribution is -0.147. The molecule has 2 rings (SSSR count). The van der Waals surface area contributed by atoms with Crippen LogP contribution in [0.5, 0.6) is 0 Å². The molecule has 0 fully saturated rings. The van der Waals surface area contributed by atoms with Gasteiger partial charge in [0.25, 0.3) is 11.8 Å². The van der Waals surface area contributed by atoms with Crippen LogP contribution in [0.1, 0.15) is 36.2 Å². The van der Waals surface area contributed by atoms with Gasteiger partial charge >= 0.3 is 5.97 Å². The number of carbonyl (C=O) groups excluding carboxylic acids is 3. The summed E-state index contributed by atoms with van der Waals surface area (Å²) in [6, 6.07) is 8.68. The largest absolute Gasteiger partial charge is 0.456 e. The van der Waals surface area contributed by atoms with Gasteiger partial charge in [0.1, 0.15) is 0 Å². The van der Waals surface area contributed by atoms with E-state index in [-0.39, 0.29) is 18.9 Å². The highest BCUT2D eigenvalue weighted by Gasteiger charge is 2.14. The van der Waals surface area contributed by atoms with Gasteiger partial charge in [-0.1, -0.05) is 26.0 Å².